The Morgan fingerprint density at radius 2 is 1.69 bits per heavy atom. The van der Waals surface area contributed by atoms with E-state index in [0.29, 0.717) is 19.1 Å². The van der Waals surface area contributed by atoms with Crippen molar-refractivity contribution in [2.45, 2.75) is 38.9 Å². The number of urea groups is 1. The van der Waals surface area contributed by atoms with Crippen molar-refractivity contribution >= 4 is 6.03 Å². The summed E-state index contributed by atoms with van der Waals surface area (Å²) in [5, 5.41) is 3.12. The largest absolute Gasteiger partial charge is 0.334 e. The highest BCUT2D eigenvalue weighted by atomic mass is 16.2. The Hall–Kier alpha value is -2.33. The molecule has 2 aromatic rings. The van der Waals surface area contributed by atoms with E-state index in [0.717, 1.165) is 31.5 Å². The summed E-state index contributed by atoms with van der Waals surface area (Å²) < 4.78 is 0. The van der Waals surface area contributed by atoms with E-state index in [1.807, 2.05) is 23.1 Å². The van der Waals surface area contributed by atoms with Crippen molar-refractivity contribution < 1.29 is 4.79 Å². The Balaban J connectivity index is 1.67. The maximum Gasteiger partial charge on any atom is 0.318 e. The summed E-state index contributed by atoms with van der Waals surface area (Å²) in [4.78, 5) is 17.3. The SMILES string of the molecule is Cc1ccc(CNC(=O)N(Cc2ccccc2)C2CCN(C)CC2)cc1. The molecule has 138 valence electrons. The smallest absolute Gasteiger partial charge is 0.318 e. The fourth-order valence-corrected chi connectivity index (χ4v) is 3.44. The highest BCUT2D eigenvalue weighted by Gasteiger charge is 2.26. The van der Waals surface area contributed by atoms with Gasteiger partial charge in [0.2, 0.25) is 0 Å². The molecule has 0 aliphatic carbocycles. The highest BCUT2D eigenvalue weighted by molar-refractivity contribution is 5.74. The van der Waals surface area contributed by atoms with E-state index in [9.17, 15) is 4.79 Å². The fraction of sp³-hybridized carbons (Fsp3) is 0.409. The van der Waals surface area contributed by atoms with Gasteiger partial charge in [-0.05, 0) is 51.0 Å². The van der Waals surface area contributed by atoms with Crippen molar-refractivity contribution in [2.75, 3.05) is 20.1 Å². The van der Waals surface area contributed by atoms with Crippen LogP contribution < -0.4 is 5.32 Å². The average molecular weight is 351 g/mol. The molecule has 0 bridgehead atoms. The molecule has 1 aliphatic heterocycles. The quantitative estimate of drug-likeness (QED) is 0.889. The second-order valence-corrected chi connectivity index (χ2v) is 7.29. The number of rotatable bonds is 5. The average Bonchev–Trinajstić information content (AvgIpc) is 2.67. The van der Waals surface area contributed by atoms with Crippen molar-refractivity contribution in [1.29, 1.82) is 0 Å². The molecule has 3 rings (SSSR count). The van der Waals surface area contributed by atoms with Gasteiger partial charge in [0.15, 0.2) is 0 Å². The molecule has 26 heavy (non-hydrogen) atoms. The van der Waals surface area contributed by atoms with E-state index >= 15 is 0 Å². The lowest BCUT2D eigenvalue weighted by atomic mass is 10.0. The van der Waals surface area contributed by atoms with E-state index in [2.05, 4.69) is 60.6 Å². The van der Waals surface area contributed by atoms with Crippen LogP contribution in [0, 0.1) is 6.92 Å². The molecule has 0 spiro atoms. The number of amides is 2. The molecule has 2 aromatic carbocycles. The minimum Gasteiger partial charge on any atom is -0.334 e. The first-order valence-corrected chi connectivity index (χ1v) is 9.44. The molecule has 0 radical (unpaired) electrons. The normalized spacial score (nSPS) is 15.6. The standard InChI is InChI=1S/C22H29N3O/c1-18-8-10-19(11-9-18)16-23-22(26)25(17-20-6-4-3-5-7-20)21-12-14-24(2)15-13-21/h3-11,21H,12-17H2,1-2H3,(H,23,26). The third kappa shape index (κ3) is 5.09. The summed E-state index contributed by atoms with van der Waals surface area (Å²) in [7, 11) is 2.15. The zero-order chi connectivity index (χ0) is 18.4. The number of nitrogens with zero attached hydrogens (tertiary/aromatic N) is 2. The van der Waals surface area contributed by atoms with Crippen molar-refractivity contribution in [3.8, 4) is 0 Å². The highest BCUT2D eigenvalue weighted by Crippen LogP contribution is 2.19. The molecule has 0 atom stereocenters. The molecule has 1 N–H and O–H groups in total. The number of hydrogen-bond acceptors (Lipinski definition) is 2. The van der Waals surface area contributed by atoms with E-state index < -0.39 is 0 Å². The number of likely N-dealkylation sites (tertiary alicyclic amines) is 1. The molecule has 1 saturated heterocycles. The lowest BCUT2D eigenvalue weighted by Crippen LogP contribution is -2.49. The Morgan fingerprint density at radius 1 is 1.04 bits per heavy atom. The molecule has 1 heterocycles. The Labute approximate surface area is 156 Å². The predicted octanol–water partition coefficient (Wildman–Crippen LogP) is 3.80. The predicted molar refractivity (Wildman–Crippen MR) is 106 cm³/mol. The van der Waals surface area contributed by atoms with Crippen LogP contribution >= 0.6 is 0 Å². The first-order valence-electron chi connectivity index (χ1n) is 9.44. The van der Waals surface area contributed by atoms with Crippen molar-refractivity contribution in [3.63, 3.8) is 0 Å². The number of carbonyl (C=O) groups is 1. The Morgan fingerprint density at radius 3 is 2.35 bits per heavy atom. The van der Waals surface area contributed by atoms with Crippen molar-refractivity contribution in [2.24, 2.45) is 0 Å². The van der Waals surface area contributed by atoms with Gasteiger partial charge in [0, 0.05) is 19.1 Å². The van der Waals surface area contributed by atoms with Gasteiger partial charge in [-0.1, -0.05) is 60.2 Å². The number of carbonyl (C=O) groups excluding carboxylic acids is 1. The zero-order valence-corrected chi connectivity index (χ0v) is 15.8. The summed E-state index contributed by atoms with van der Waals surface area (Å²) in [5.41, 5.74) is 3.54. The van der Waals surface area contributed by atoms with Gasteiger partial charge >= 0.3 is 6.03 Å². The fourth-order valence-electron chi connectivity index (χ4n) is 3.44. The van der Waals surface area contributed by atoms with Gasteiger partial charge in [-0.25, -0.2) is 4.79 Å². The molecule has 2 amide bonds. The molecule has 4 heteroatoms. The van der Waals surface area contributed by atoms with E-state index in [1.54, 1.807) is 0 Å². The van der Waals surface area contributed by atoms with Gasteiger partial charge in [0.05, 0.1) is 0 Å². The topological polar surface area (TPSA) is 35.6 Å². The van der Waals surface area contributed by atoms with E-state index in [-0.39, 0.29) is 6.03 Å². The maximum atomic E-state index is 13.0. The lowest BCUT2D eigenvalue weighted by Gasteiger charge is -2.37. The van der Waals surface area contributed by atoms with Gasteiger partial charge in [-0.3, -0.25) is 0 Å². The molecule has 1 fully saturated rings. The number of hydrogen-bond donors (Lipinski definition) is 1. The molecule has 1 aliphatic rings. The van der Waals surface area contributed by atoms with Crippen LogP contribution in [0.15, 0.2) is 54.6 Å². The molecule has 4 nitrogen and oxygen atoms in total. The first kappa shape index (κ1) is 18.5. The minimum absolute atomic E-state index is 0.0315. The first-order chi connectivity index (χ1) is 12.6. The van der Waals surface area contributed by atoms with Crippen LogP contribution in [0.1, 0.15) is 29.5 Å². The summed E-state index contributed by atoms with van der Waals surface area (Å²) in [6.45, 7) is 5.39. The van der Waals surface area contributed by atoms with Crippen LogP contribution in [-0.2, 0) is 13.1 Å². The monoisotopic (exact) mass is 351 g/mol. The van der Waals surface area contributed by atoms with Crippen LogP contribution in [0.2, 0.25) is 0 Å². The van der Waals surface area contributed by atoms with Crippen LogP contribution in [0.3, 0.4) is 0 Å². The van der Waals surface area contributed by atoms with Crippen LogP contribution in [0.5, 0.6) is 0 Å². The lowest BCUT2D eigenvalue weighted by molar-refractivity contribution is 0.127. The molecule has 0 saturated carbocycles. The molecular weight excluding hydrogens is 322 g/mol. The maximum absolute atomic E-state index is 13.0. The summed E-state index contributed by atoms with van der Waals surface area (Å²) in [5.74, 6) is 0. The number of piperidine rings is 1. The zero-order valence-electron chi connectivity index (χ0n) is 15.8. The second kappa shape index (κ2) is 8.86. The molecular formula is C22H29N3O. The van der Waals surface area contributed by atoms with Crippen molar-refractivity contribution in [1.82, 2.24) is 15.1 Å². The number of aryl methyl sites for hydroxylation is 1. The number of nitrogens with one attached hydrogen (secondary N) is 1. The van der Waals surface area contributed by atoms with Gasteiger partial charge in [-0.15, -0.1) is 0 Å². The van der Waals surface area contributed by atoms with Gasteiger partial charge in [-0.2, -0.15) is 0 Å². The van der Waals surface area contributed by atoms with Crippen LogP contribution in [0.4, 0.5) is 4.79 Å². The Bertz CT molecular complexity index is 691. The van der Waals surface area contributed by atoms with Gasteiger partial charge < -0.3 is 15.1 Å². The van der Waals surface area contributed by atoms with E-state index in [4.69, 9.17) is 0 Å². The van der Waals surface area contributed by atoms with Crippen LogP contribution in [-0.4, -0.2) is 42.0 Å². The molecule has 0 unspecified atom stereocenters. The summed E-state index contributed by atoms with van der Waals surface area (Å²) in [6, 6.07) is 18.9. The van der Waals surface area contributed by atoms with Gasteiger partial charge in [0.25, 0.3) is 0 Å². The minimum atomic E-state index is 0.0315. The summed E-state index contributed by atoms with van der Waals surface area (Å²) >= 11 is 0. The third-order valence-electron chi connectivity index (χ3n) is 5.15. The number of benzene rings is 2. The van der Waals surface area contributed by atoms with Gasteiger partial charge in [0.1, 0.15) is 0 Å². The second-order valence-electron chi connectivity index (χ2n) is 7.29. The molecule has 0 aromatic heterocycles. The van der Waals surface area contributed by atoms with E-state index in [1.165, 1.54) is 11.1 Å². The Kier molecular flexibility index (Phi) is 6.29. The summed E-state index contributed by atoms with van der Waals surface area (Å²) in [6.07, 6.45) is 2.06. The van der Waals surface area contributed by atoms with Crippen LogP contribution in [0.25, 0.3) is 0 Å². The third-order valence-corrected chi connectivity index (χ3v) is 5.15. The van der Waals surface area contributed by atoms with Crippen molar-refractivity contribution in [3.05, 3.63) is 71.3 Å².